The molecule has 0 saturated carbocycles. The van der Waals surface area contributed by atoms with Gasteiger partial charge in [0, 0.05) is 17.6 Å². The van der Waals surface area contributed by atoms with E-state index >= 15 is 0 Å². The number of anilines is 1. The lowest BCUT2D eigenvalue weighted by Gasteiger charge is -2.02. The predicted molar refractivity (Wildman–Crippen MR) is 76.3 cm³/mol. The van der Waals surface area contributed by atoms with Crippen LogP contribution in [0.1, 0.15) is 11.4 Å². The van der Waals surface area contributed by atoms with Crippen LogP contribution in [0.5, 0.6) is 0 Å². The normalized spacial score (nSPS) is 10.7. The first-order chi connectivity index (χ1) is 9.63. The summed E-state index contributed by atoms with van der Waals surface area (Å²) in [7, 11) is 0. The molecule has 20 heavy (non-hydrogen) atoms. The first-order valence-corrected chi connectivity index (χ1v) is 6.23. The van der Waals surface area contributed by atoms with Gasteiger partial charge < -0.3 is 5.73 Å². The maximum Gasteiger partial charge on any atom is 0.251 e. The van der Waals surface area contributed by atoms with Crippen molar-refractivity contribution in [3.8, 4) is 17.3 Å². The molecule has 0 fully saturated rings. The first-order valence-electron chi connectivity index (χ1n) is 6.23. The van der Waals surface area contributed by atoms with E-state index in [4.69, 9.17) is 5.73 Å². The number of hydrogen-bond acceptors (Lipinski definition) is 5. The van der Waals surface area contributed by atoms with Crippen molar-refractivity contribution in [3.63, 3.8) is 0 Å². The molecule has 0 radical (unpaired) electrons. The van der Waals surface area contributed by atoms with Gasteiger partial charge in [-0.2, -0.15) is 5.10 Å². The molecular weight excluding hydrogens is 252 g/mol. The van der Waals surface area contributed by atoms with Gasteiger partial charge in [0.15, 0.2) is 0 Å². The highest BCUT2D eigenvalue weighted by atomic mass is 15.4. The predicted octanol–water partition coefficient (Wildman–Crippen LogP) is 1.92. The summed E-state index contributed by atoms with van der Waals surface area (Å²) in [4.78, 5) is 13.0. The third-order valence-electron chi connectivity index (χ3n) is 2.83. The zero-order chi connectivity index (χ0) is 14.1. The van der Waals surface area contributed by atoms with E-state index in [1.54, 1.807) is 17.1 Å². The van der Waals surface area contributed by atoms with E-state index in [-0.39, 0.29) is 0 Å². The minimum absolute atomic E-state index is 0.511. The van der Waals surface area contributed by atoms with E-state index in [9.17, 15) is 0 Å². The molecule has 3 aromatic rings. The molecule has 3 aromatic heterocycles. The Hall–Kier alpha value is -2.76. The van der Waals surface area contributed by atoms with E-state index in [1.807, 2.05) is 38.1 Å². The van der Waals surface area contributed by atoms with Crippen LogP contribution in [-0.2, 0) is 0 Å². The highest BCUT2D eigenvalue weighted by Gasteiger charge is 2.12. The van der Waals surface area contributed by atoms with Crippen LogP contribution in [0, 0.1) is 13.8 Å². The number of aromatic nitrogens is 5. The average Bonchev–Trinajstić information content (AvgIpc) is 2.81. The van der Waals surface area contributed by atoms with Gasteiger partial charge in [-0.05, 0) is 32.0 Å². The van der Waals surface area contributed by atoms with E-state index in [2.05, 4.69) is 20.1 Å². The fourth-order valence-electron chi connectivity index (χ4n) is 2.00. The van der Waals surface area contributed by atoms with Crippen LogP contribution in [0.2, 0.25) is 0 Å². The topological polar surface area (TPSA) is 82.5 Å². The van der Waals surface area contributed by atoms with Gasteiger partial charge in [0.1, 0.15) is 5.69 Å². The molecule has 0 unspecified atom stereocenters. The van der Waals surface area contributed by atoms with Crippen molar-refractivity contribution < 1.29 is 0 Å². The quantitative estimate of drug-likeness (QED) is 0.766. The van der Waals surface area contributed by atoms with E-state index in [0.29, 0.717) is 17.3 Å². The molecule has 0 aliphatic carbocycles. The molecule has 0 bridgehead atoms. The number of hydrogen-bond donors (Lipinski definition) is 1. The lowest BCUT2D eigenvalue weighted by Crippen LogP contribution is -2.04. The Morgan fingerprint density at radius 2 is 1.85 bits per heavy atom. The van der Waals surface area contributed by atoms with E-state index in [1.165, 1.54) is 0 Å². The first kappa shape index (κ1) is 12.3. The van der Waals surface area contributed by atoms with Crippen LogP contribution in [0.3, 0.4) is 0 Å². The fourth-order valence-corrected chi connectivity index (χ4v) is 2.00. The fraction of sp³-hybridized carbons (Fsp3) is 0.143. The SMILES string of the molecule is Cc1cc(C)nc(-n2cc(N)c(-c3ccccn3)n2)n1. The summed E-state index contributed by atoms with van der Waals surface area (Å²) in [5.74, 6) is 0.511. The summed E-state index contributed by atoms with van der Waals surface area (Å²) in [6.45, 7) is 3.84. The van der Waals surface area contributed by atoms with Crippen molar-refractivity contribution in [1.29, 1.82) is 0 Å². The summed E-state index contributed by atoms with van der Waals surface area (Å²) < 4.78 is 1.58. The largest absolute Gasteiger partial charge is 0.396 e. The molecule has 6 nitrogen and oxygen atoms in total. The van der Waals surface area contributed by atoms with Gasteiger partial charge in [0.05, 0.1) is 17.6 Å². The second-order valence-corrected chi connectivity index (χ2v) is 4.54. The van der Waals surface area contributed by atoms with Crippen LogP contribution in [0.25, 0.3) is 17.3 Å². The number of aryl methyl sites for hydroxylation is 2. The maximum atomic E-state index is 6.01. The van der Waals surface area contributed by atoms with Crippen molar-refractivity contribution in [2.45, 2.75) is 13.8 Å². The number of nitrogens with two attached hydrogens (primary N) is 1. The Labute approximate surface area is 116 Å². The van der Waals surface area contributed by atoms with Crippen LogP contribution in [-0.4, -0.2) is 24.7 Å². The monoisotopic (exact) mass is 266 g/mol. The zero-order valence-corrected chi connectivity index (χ0v) is 11.3. The maximum absolute atomic E-state index is 6.01. The second kappa shape index (κ2) is 4.73. The molecule has 0 aromatic carbocycles. The number of nitrogen functional groups attached to an aromatic ring is 1. The zero-order valence-electron chi connectivity index (χ0n) is 11.3. The third kappa shape index (κ3) is 2.23. The van der Waals surface area contributed by atoms with Crippen molar-refractivity contribution in [2.75, 3.05) is 5.73 Å². The number of rotatable bonds is 2. The van der Waals surface area contributed by atoms with Crippen LogP contribution < -0.4 is 5.73 Å². The van der Waals surface area contributed by atoms with Crippen LogP contribution >= 0.6 is 0 Å². The molecule has 100 valence electrons. The molecule has 0 saturated heterocycles. The third-order valence-corrected chi connectivity index (χ3v) is 2.83. The van der Waals surface area contributed by atoms with Crippen molar-refractivity contribution >= 4 is 5.69 Å². The van der Waals surface area contributed by atoms with Gasteiger partial charge in [0.2, 0.25) is 0 Å². The highest BCUT2D eigenvalue weighted by Crippen LogP contribution is 2.22. The lowest BCUT2D eigenvalue weighted by atomic mass is 10.2. The van der Waals surface area contributed by atoms with Crippen molar-refractivity contribution in [3.05, 3.63) is 48.0 Å². The molecule has 0 atom stereocenters. The summed E-state index contributed by atoms with van der Waals surface area (Å²) in [6.07, 6.45) is 3.42. The minimum atomic E-state index is 0.511. The Bertz CT molecular complexity index is 727. The number of pyridine rings is 1. The van der Waals surface area contributed by atoms with Gasteiger partial charge in [-0.25, -0.2) is 14.6 Å². The summed E-state index contributed by atoms with van der Waals surface area (Å²) in [5, 5.41) is 4.44. The van der Waals surface area contributed by atoms with Crippen molar-refractivity contribution in [1.82, 2.24) is 24.7 Å². The Balaban J connectivity index is 2.09. The smallest absolute Gasteiger partial charge is 0.251 e. The standard InChI is InChI=1S/C14H14N6/c1-9-7-10(2)18-14(17-9)20-8-11(15)13(19-20)12-5-3-4-6-16-12/h3-8H,15H2,1-2H3. The van der Waals surface area contributed by atoms with Gasteiger partial charge in [0.25, 0.3) is 5.95 Å². The molecule has 3 heterocycles. The summed E-state index contributed by atoms with van der Waals surface area (Å²) in [5.41, 5.74) is 9.70. The van der Waals surface area contributed by atoms with Crippen molar-refractivity contribution in [2.24, 2.45) is 0 Å². The Morgan fingerprint density at radius 3 is 2.50 bits per heavy atom. The molecule has 3 rings (SSSR count). The molecule has 0 aliphatic heterocycles. The van der Waals surface area contributed by atoms with E-state index < -0.39 is 0 Å². The van der Waals surface area contributed by atoms with Crippen LogP contribution in [0.4, 0.5) is 5.69 Å². The summed E-state index contributed by atoms with van der Waals surface area (Å²) in [6, 6.07) is 7.53. The second-order valence-electron chi connectivity index (χ2n) is 4.54. The molecule has 0 aliphatic rings. The molecule has 0 amide bonds. The molecule has 6 heteroatoms. The molecular formula is C14H14N6. The van der Waals surface area contributed by atoms with Crippen LogP contribution in [0.15, 0.2) is 36.7 Å². The average molecular weight is 266 g/mol. The molecule has 2 N–H and O–H groups in total. The van der Waals surface area contributed by atoms with Gasteiger partial charge >= 0.3 is 0 Å². The minimum Gasteiger partial charge on any atom is -0.396 e. The summed E-state index contributed by atoms with van der Waals surface area (Å²) >= 11 is 0. The van der Waals surface area contributed by atoms with Gasteiger partial charge in [-0.15, -0.1) is 0 Å². The van der Waals surface area contributed by atoms with E-state index in [0.717, 1.165) is 17.1 Å². The lowest BCUT2D eigenvalue weighted by molar-refractivity contribution is 0.795. The Morgan fingerprint density at radius 1 is 1.10 bits per heavy atom. The van der Waals surface area contributed by atoms with Gasteiger partial charge in [-0.1, -0.05) is 6.07 Å². The highest BCUT2D eigenvalue weighted by molar-refractivity contribution is 5.69. The van der Waals surface area contributed by atoms with Gasteiger partial charge in [-0.3, -0.25) is 4.98 Å². The molecule has 0 spiro atoms. The Kier molecular flexibility index (Phi) is 2.90. The number of nitrogens with zero attached hydrogens (tertiary/aromatic N) is 5.